The van der Waals surface area contributed by atoms with Crippen molar-refractivity contribution in [3.8, 4) is 5.75 Å². The molecule has 0 unspecified atom stereocenters. The van der Waals surface area contributed by atoms with Gasteiger partial charge in [-0.3, -0.25) is 0 Å². The van der Waals surface area contributed by atoms with Gasteiger partial charge in [0.05, 0.1) is 5.75 Å². The third-order valence-electron chi connectivity index (χ3n) is 2.79. The van der Waals surface area contributed by atoms with Crippen molar-refractivity contribution >= 4 is 10.0 Å². The van der Waals surface area contributed by atoms with E-state index in [4.69, 9.17) is 4.74 Å². The summed E-state index contributed by atoms with van der Waals surface area (Å²) in [5, 5.41) is 0. The highest BCUT2D eigenvalue weighted by atomic mass is 32.2. The van der Waals surface area contributed by atoms with E-state index in [-0.39, 0.29) is 5.75 Å². The fourth-order valence-electron chi connectivity index (χ4n) is 1.59. The molecule has 0 fully saturated rings. The zero-order valence-electron chi connectivity index (χ0n) is 11.7. The molecule has 1 aromatic carbocycles. The van der Waals surface area contributed by atoms with Crippen LogP contribution < -0.4 is 9.46 Å². The van der Waals surface area contributed by atoms with Gasteiger partial charge in [0.2, 0.25) is 10.0 Å². The van der Waals surface area contributed by atoms with E-state index in [1.807, 2.05) is 31.2 Å². The van der Waals surface area contributed by atoms with Gasteiger partial charge in [0, 0.05) is 6.54 Å². The Balaban J connectivity index is 2.26. The SMILES string of the molecule is CCCCS(=O)(=O)NCCOc1ccc(CC)cc1. The molecule has 5 heteroatoms. The number of hydrogen-bond acceptors (Lipinski definition) is 3. The van der Waals surface area contributed by atoms with E-state index in [1.165, 1.54) is 5.56 Å². The summed E-state index contributed by atoms with van der Waals surface area (Å²) in [6.07, 6.45) is 2.56. The molecule has 0 spiro atoms. The molecular weight excluding hydrogens is 262 g/mol. The van der Waals surface area contributed by atoms with Crippen LogP contribution in [0.3, 0.4) is 0 Å². The predicted molar refractivity (Wildman–Crippen MR) is 78.0 cm³/mol. The van der Waals surface area contributed by atoms with Crippen LogP contribution in [0, 0.1) is 0 Å². The van der Waals surface area contributed by atoms with Crippen LogP contribution in [0.25, 0.3) is 0 Å². The van der Waals surface area contributed by atoms with E-state index in [2.05, 4.69) is 11.6 Å². The molecule has 0 aliphatic heterocycles. The van der Waals surface area contributed by atoms with Gasteiger partial charge in [0.1, 0.15) is 12.4 Å². The van der Waals surface area contributed by atoms with E-state index in [0.717, 1.165) is 18.6 Å². The highest BCUT2D eigenvalue weighted by Gasteiger charge is 2.07. The summed E-state index contributed by atoms with van der Waals surface area (Å²) in [5.74, 6) is 0.958. The number of benzene rings is 1. The minimum absolute atomic E-state index is 0.189. The third-order valence-corrected chi connectivity index (χ3v) is 4.26. The molecule has 0 heterocycles. The maximum absolute atomic E-state index is 11.5. The molecule has 0 saturated heterocycles. The summed E-state index contributed by atoms with van der Waals surface area (Å²) in [5.41, 5.74) is 1.26. The van der Waals surface area contributed by atoms with Crippen molar-refractivity contribution in [3.05, 3.63) is 29.8 Å². The highest BCUT2D eigenvalue weighted by Crippen LogP contribution is 2.12. The molecule has 0 radical (unpaired) electrons. The van der Waals surface area contributed by atoms with Crippen LogP contribution in [0.2, 0.25) is 0 Å². The molecule has 4 nitrogen and oxygen atoms in total. The molecule has 19 heavy (non-hydrogen) atoms. The highest BCUT2D eigenvalue weighted by molar-refractivity contribution is 7.89. The Bertz CT molecular complexity index is 454. The van der Waals surface area contributed by atoms with Crippen molar-refractivity contribution in [1.82, 2.24) is 4.72 Å². The molecule has 1 rings (SSSR count). The fourth-order valence-corrected chi connectivity index (χ4v) is 2.80. The van der Waals surface area contributed by atoms with Crippen molar-refractivity contribution in [1.29, 1.82) is 0 Å². The average Bonchev–Trinajstić information content (AvgIpc) is 2.42. The first-order chi connectivity index (χ1) is 9.07. The molecule has 0 aromatic heterocycles. The number of hydrogen-bond donors (Lipinski definition) is 1. The van der Waals surface area contributed by atoms with Gasteiger partial charge >= 0.3 is 0 Å². The van der Waals surface area contributed by atoms with Crippen molar-refractivity contribution in [3.63, 3.8) is 0 Å². The van der Waals surface area contributed by atoms with Crippen LogP contribution in [0.5, 0.6) is 5.75 Å². The lowest BCUT2D eigenvalue weighted by atomic mass is 10.2. The van der Waals surface area contributed by atoms with E-state index in [0.29, 0.717) is 19.6 Å². The Labute approximate surface area is 116 Å². The van der Waals surface area contributed by atoms with Crippen LogP contribution in [-0.4, -0.2) is 27.3 Å². The summed E-state index contributed by atoms with van der Waals surface area (Å²) in [7, 11) is -3.14. The quantitative estimate of drug-likeness (QED) is 0.709. The lowest BCUT2D eigenvalue weighted by molar-refractivity contribution is 0.322. The predicted octanol–water partition coefficient (Wildman–Crippen LogP) is 2.35. The first-order valence-corrected chi connectivity index (χ1v) is 8.41. The van der Waals surface area contributed by atoms with Gasteiger partial charge < -0.3 is 4.74 Å². The maximum atomic E-state index is 11.5. The van der Waals surface area contributed by atoms with E-state index >= 15 is 0 Å². The van der Waals surface area contributed by atoms with Gasteiger partial charge in [0.15, 0.2) is 0 Å². The number of sulfonamides is 1. The summed E-state index contributed by atoms with van der Waals surface area (Å²) in [4.78, 5) is 0. The third kappa shape index (κ3) is 6.59. The number of rotatable bonds is 9. The number of aryl methyl sites for hydroxylation is 1. The number of unbranched alkanes of at least 4 members (excludes halogenated alkanes) is 1. The van der Waals surface area contributed by atoms with Crippen LogP contribution in [0.1, 0.15) is 32.3 Å². The second-order valence-electron chi connectivity index (χ2n) is 4.41. The Kier molecular flexibility index (Phi) is 6.87. The van der Waals surface area contributed by atoms with E-state index in [9.17, 15) is 8.42 Å². The second-order valence-corrected chi connectivity index (χ2v) is 6.34. The molecule has 108 valence electrons. The van der Waals surface area contributed by atoms with Crippen molar-refractivity contribution in [2.45, 2.75) is 33.1 Å². The van der Waals surface area contributed by atoms with Gasteiger partial charge in [-0.1, -0.05) is 32.4 Å². The molecule has 0 amide bonds. The minimum atomic E-state index is -3.14. The standard InChI is InChI=1S/C14H23NO3S/c1-3-5-12-19(16,17)15-10-11-18-14-8-6-13(4-2)7-9-14/h6-9,15H,3-5,10-12H2,1-2H3. The zero-order valence-corrected chi connectivity index (χ0v) is 12.5. The molecule has 1 N–H and O–H groups in total. The van der Waals surface area contributed by atoms with Gasteiger partial charge in [-0.15, -0.1) is 0 Å². The fraction of sp³-hybridized carbons (Fsp3) is 0.571. The Hall–Kier alpha value is -1.07. The van der Waals surface area contributed by atoms with Crippen LogP contribution in [0.15, 0.2) is 24.3 Å². The molecule has 0 aliphatic carbocycles. The van der Waals surface area contributed by atoms with Crippen LogP contribution in [-0.2, 0) is 16.4 Å². The van der Waals surface area contributed by atoms with Crippen molar-refractivity contribution in [2.75, 3.05) is 18.9 Å². The molecule has 1 aromatic rings. The van der Waals surface area contributed by atoms with Gasteiger partial charge in [0.25, 0.3) is 0 Å². The lowest BCUT2D eigenvalue weighted by Gasteiger charge is -2.08. The average molecular weight is 285 g/mol. The maximum Gasteiger partial charge on any atom is 0.211 e. The Morgan fingerprint density at radius 2 is 1.84 bits per heavy atom. The van der Waals surface area contributed by atoms with Gasteiger partial charge in [-0.25, -0.2) is 13.1 Å². The van der Waals surface area contributed by atoms with E-state index < -0.39 is 10.0 Å². The number of nitrogens with one attached hydrogen (secondary N) is 1. The summed E-state index contributed by atoms with van der Waals surface area (Å²) in [6, 6.07) is 7.84. The molecule has 0 bridgehead atoms. The smallest absolute Gasteiger partial charge is 0.211 e. The van der Waals surface area contributed by atoms with E-state index in [1.54, 1.807) is 0 Å². The number of ether oxygens (including phenoxy) is 1. The zero-order chi connectivity index (χ0) is 14.1. The molecule has 0 atom stereocenters. The Morgan fingerprint density at radius 3 is 2.42 bits per heavy atom. The molecule has 0 saturated carbocycles. The second kappa shape index (κ2) is 8.17. The summed E-state index contributed by atoms with van der Waals surface area (Å²) in [6.45, 7) is 4.72. The van der Waals surface area contributed by atoms with Crippen molar-refractivity contribution in [2.24, 2.45) is 0 Å². The first kappa shape index (κ1) is 16.0. The van der Waals surface area contributed by atoms with Crippen molar-refractivity contribution < 1.29 is 13.2 Å². The van der Waals surface area contributed by atoms with Gasteiger partial charge in [-0.2, -0.15) is 0 Å². The minimum Gasteiger partial charge on any atom is -0.492 e. The lowest BCUT2D eigenvalue weighted by Crippen LogP contribution is -2.30. The van der Waals surface area contributed by atoms with Crippen LogP contribution >= 0.6 is 0 Å². The first-order valence-electron chi connectivity index (χ1n) is 6.76. The molecular formula is C14H23NO3S. The summed E-state index contributed by atoms with van der Waals surface area (Å²) < 4.78 is 31.0. The Morgan fingerprint density at radius 1 is 1.16 bits per heavy atom. The molecule has 0 aliphatic rings. The van der Waals surface area contributed by atoms with Crippen LogP contribution in [0.4, 0.5) is 0 Å². The normalized spacial score (nSPS) is 11.5. The topological polar surface area (TPSA) is 55.4 Å². The largest absolute Gasteiger partial charge is 0.492 e. The summed E-state index contributed by atoms with van der Waals surface area (Å²) >= 11 is 0. The monoisotopic (exact) mass is 285 g/mol. The van der Waals surface area contributed by atoms with Gasteiger partial charge in [-0.05, 0) is 30.5 Å².